The van der Waals surface area contributed by atoms with E-state index in [0.29, 0.717) is 6.42 Å². The molecule has 0 bridgehead atoms. The molecule has 0 aromatic heterocycles. The number of nitrogens with two attached hydrogens (primary N) is 1. The van der Waals surface area contributed by atoms with Crippen LogP contribution < -0.4 is 16.8 Å². The Kier molecular flexibility index (Phi) is 5.88. The molecule has 1 atom stereocenters. The molecule has 6 N–H and O–H groups in total. The lowest BCUT2D eigenvalue weighted by Crippen LogP contribution is -2.50. The van der Waals surface area contributed by atoms with Crippen LogP contribution in [0.4, 0.5) is 0 Å². The zero-order valence-corrected chi connectivity index (χ0v) is 8.01. The molecule has 0 radical (unpaired) electrons. The van der Waals surface area contributed by atoms with Gasteiger partial charge in [0, 0.05) is 6.92 Å². The molecule has 0 aliphatic heterocycles. The van der Waals surface area contributed by atoms with Gasteiger partial charge in [-0.3, -0.25) is 9.59 Å². The molecule has 0 heterocycles. The van der Waals surface area contributed by atoms with Gasteiger partial charge in [0.25, 0.3) is 0 Å². The first-order chi connectivity index (χ1) is 6.07. The van der Waals surface area contributed by atoms with Crippen molar-refractivity contribution in [2.24, 2.45) is 5.73 Å². The first-order valence-electron chi connectivity index (χ1n) is 4.43. The van der Waals surface area contributed by atoms with E-state index in [0.717, 1.165) is 19.4 Å². The minimum Gasteiger partial charge on any atom is -0.368 e. The average Bonchev–Trinajstić information content (AvgIpc) is 2.02. The lowest BCUT2D eigenvalue weighted by molar-refractivity contribution is -0.368. The van der Waals surface area contributed by atoms with Gasteiger partial charge in [-0.2, -0.15) is 0 Å². The predicted octanol–water partition coefficient (Wildman–Crippen LogP) is -1.61. The number of primary amides is 1. The van der Waals surface area contributed by atoms with Crippen LogP contribution in [0.15, 0.2) is 0 Å². The van der Waals surface area contributed by atoms with Crippen LogP contribution in [0.1, 0.15) is 26.2 Å². The van der Waals surface area contributed by atoms with Crippen LogP contribution in [0.3, 0.4) is 0 Å². The van der Waals surface area contributed by atoms with Crippen molar-refractivity contribution in [2.45, 2.75) is 32.2 Å². The highest BCUT2D eigenvalue weighted by atomic mass is 16.2. The fourth-order valence-electron chi connectivity index (χ4n) is 1.06. The lowest BCUT2D eigenvalue weighted by atomic mass is 10.1. The predicted molar refractivity (Wildman–Crippen MR) is 48.4 cm³/mol. The maximum atomic E-state index is 10.8. The summed E-state index contributed by atoms with van der Waals surface area (Å²) in [5, 5.41) is 2.50. The van der Waals surface area contributed by atoms with E-state index in [9.17, 15) is 9.59 Å². The van der Waals surface area contributed by atoms with Gasteiger partial charge in [0.2, 0.25) is 11.8 Å². The molecule has 13 heavy (non-hydrogen) atoms. The molecule has 0 aliphatic carbocycles. The Hall–Kier alpha value is -1.10. The molecule has 1 unspecified atom stereocenters. The van der Waals surface area contributed by atoms with Gasteiger partial charge in [0.15, 0.2) is 0 Å². The van der Waals surface area contributed by atoms with Crippen molar-refractivity contribution in [2.75, 3.05) is 6.54 Å². The van der Waals surface area contributed by atoms with Gasteiger partial charge in [-0.1, -0.05) is 0 Å². The van der Waals surface area contributed by atoms with Crippen molar-refractivity contribution in [3.63, 3.8) is 0 Å². The minimum atomic E-state index is -0.524. The summed E-state index contributed by atoms with van der Waals surface area (Å²) in [4.78, 5) is 21.5. The summed E-state index contributed by atoms with van der Waals surface area (Å²) in [5.41, 5.74) is 8.78. The molecule has 0 aliphatic rings. The normalized spacial score (nSPS) is 12.2. The van der Waals surface area contributed by atoms with Gasteiger partial charge in [0.05, 0.1) is 6.54 Å². The summed E-state index contributed by atoms with van der Waals surface area (Å²) in [6.45, 7) is 2.21. The third-order valence-electron chi connectivity index (χ3n) is 1.71. The fraction of sp³-hybridized carbons (Fsp3) is 0.750. The number of hydrogen-bond acceptors (Lipinski definition) is 2. The second kappa shape index (κ2) is 6.42. The number of rotatable bonds is 6. The number of carbonyl (C=O) groups is 2. The first-order valence-corrected chi connectivity index (χ1v) is 4.43. The summed E-state index contributed by atoms with van der Waals surface area (Å²) >= 11 is 0. The summed E-state index contributed by atoms with van der Waals surface area (Å²) in [5.74, 6) is -0.697. The number of hydrogen-bond donors (Lipinski definition) is 3. The van der Waals surface area contributed by atoms with Gasteiger partial charge in [-0.15, -0.1) is 0 Å². The topological polar surface area (TPSA) is 99.8 Å². The molecule has 76 valence electrons. The summed E-state index contributed by atoms with van der Waals surface area (Å²) < 4.78 is 0. The molecule has 0 aromatic carbocycles. The summed E-state index contributed by atoms with van der Waals surface area (Å²) in [7, 11) is 0. The molecular weight excluding hydrogens is 170 g/mol. The first kappa shape index (κ1) is 11.9. The van der Waals surface area contributed by atoms with Crippen LogP contribution in [0, 0.1) is 0 Å². The molecule has 0 saturated heterocycles. The lowest BCUT2D eigenvalue weighted by Gasteiger charge is -2.12. The zero-order valence-electron chi connectivity index (χ0n) is 8.01. The maximum absolute atomic E-state index is 10.8. The standard InChI is InChI=1S/C8H17N3O2/c1-6(12)11-7(8(10)13)4-2-3-5-9/h7H,2-5,9H2,1H3,(H2,10,13)(H,11,12)/p+1. The van der Waals surface area contributed by atoms with Crippen molar-refractivity contribution < 1.29 is 15.3 Å². The van der Waals surface area contributed by atoms with Crippen molar-refractivity contribution >= 4 is 11.8 Å². The number of unbranched alkanes of at least 4 members (excludes halogenated alkanes) is 1. The van der Waals surface area contributed by atoms with E-state index in [-0.39, 0.29) is 5.91 Å². The monoisotopic (exact) mass is 188 g/mol. The molecular formula is C8H18N3O2+. The van der Waals surface area contributed by atoms with Crippen LogP contribution in [-0.4, -0.2) is 24.4 Å². The van der Waals surface area contributed by atoms with Crippen molar-refractivity contribution in [3.8, 4) is 0 Å². The molecule has 5 nitrogen and oxygen atoms in total. The second-order valence-electron chi connectivity index (χ2n) is 3.00. The molecule has 0 aromatic rings. The van der Waals surface area contributed by atoms with E-state index in [1.54, 1.807) is 0 Å². The molecule has 2 amide bonds. The van der Waals surface area contributed by atoms with Crippen molar-refractivity contribution in [1.29, 1.82) is 0 Å². The smallest absolute Gasteiger partial charge is 0.239 e. The quantitative estimate of drug-likeness (QED) is 0.437. The molecule has 0 fully saturated rings. The van der Waals surface area contributed by atoms with Crippen molar-refractivity contribution in [1.82, 2.24) is 5.32 Å². The molecule has 0 saturated carbocycles. The zero-order chi connectivity index (χ0) is 10.3. The van der Waals surface area contributed by atoms with E-state index in [1.165, 1.54) is 6.92 Å². The Bertz CT molecular complexity index is 182. The van der Waals surface area contributed by atoms with Crippen LogP contribution in [0.2, 0.25) is 0 Å². The third kappa shape index (κ3) is 6.10. The Balaban J connectivity index is 3.81. The minimum absolute atomic E-state index is 0.224. The SMILES string of the molecule is CC(=O)NC(CCCC[NH3+])C(N)=O. The van der Waals surface area contributed by atoms with E-state index in [1.807, 2.05) is 0 Å². The van der Waals surface area contributed by atoms with E-state index in [2.05, 4.69) is 11.1 Å². The van der Waals surface area contributed by atoms with Crippen LogP contribution in [-0.2, 0) is 9.59 Å². The number of quaternary nitrogens is 1. The molecule has 0 spiro atoms. The van der Waals surface area contributed by atoms with E-state index >= 15 is 0 Å². The summed E-state index contributed by atoms with van der Waals surface area (Å²) in [6, 6.07) is -0.524. The Morgan fingerprint density at radius 2 is 2.08 bits per heavy atom. The Morgan fingerprint density at radius 3 is 2.46 bits per heavy atom. The van der Waals surface area contributed by atoms with Gasteiger partial charge < -0.3 is 16.8 Å². The Morgan fingerprint density at radius 1 is 1.46 bits per heavy atom. The third-order valence-corrected chi connectivity index (χ3v) is 1.71. The number of carbonyl (C=O) groups excluding carboxylic acids is 2. The number of nitrogens with one attached hydrogen (secondary N) is 1. The van der Waals surface area contributed by atoms with Crippen LogP contribution >= 0.6 is 0 Å². The average molecular weight is 188 g/mol. The Labute approximate surface area is 77.8 Å². The van der Waals surface area contributed by atoms with Gasteiger partial charge in [-0.05, 0) is 19.3 Å². The highest BCUT2D eigenvalue weighted by Gasteiger charge is 2.14. The molecule has 0 rings (SSSR count). The fourth-order valence-corrected chi connectivity index (χ4v) is 1.06. The van der Waals surface area contributed by atoms with Gasteiger partial charge in [-0.25, -0.2) is 0 Å². The highest BCUT2D eigenvalue weighted by Crippen LogP contribution is 1.99. The van der Waals surface area contributed by atoms with Crippen molar-refractivity contribution in [3.05, 3.63) is 0 Å². The second-order valence-corrected chi connectivity index (χ2v) is 3.00. The van der Waals surface area contributed by atoms with Gasteiger partial charge in [0.1, 0.15) is 6.04 Å². The van der Waals surface area contributed by atoms with E-state index in [4.69, 9.17) is 5.73 Å². The maximum Gasteiger partial charge on any atom is 0.239 e. The largest absolute Gasteiger partial charge is 0.368 e. The van der Waals surface area contributed by atoms with Gasteiger partial charge >= 0.3 is 0 Å². The molecule has 5 heteroatoms. The van der Waals surface area contributed by atoms with E-state index < -0.39 is 11.9 Å². The number of amides is 2. The van der Waals surface area contributed by atoms with Crippen LogP contribution in [0.25, 0.3) is 0 Å². The summed E-state index contributed by atoms with van der Waals surface area (Å²) in [6.07, 6.45) is 2.41. The van der Waals surface area contributed by atoms with Crippen LogP contribution in [0.5, 0.6) is 0 Å². The highest BCUT2D eigenvalue weighted by molar-refractivity contribution is 5.85.